The van der Waals surface area contributed by atoms with Gasteiger partial charge in [-0.15, -0.1) is 0 Å². The quantitative estimate of drug-likeness (QED) is 0.733. The van der Waals surface area contributed by atoms with E-state index in [2.05, 4.69) is 39.8 Å². The lowest BCUT2D eigenvalue weighted by Crippen LogP contribution is -2.56. The number of likely N-dealkylation sites (N-methyl/N-ethyl adjacent to an activating group) is 1. The van der Waals surface area contributed by atoms with Gasteiger partial charge in [0.2, 0.25) is 5.91 Å². The molecular weight excluding hydrogens is 296 g/mol. The zero-order chi connectivity index (χ0) is 13.2. The molecular formula is C13H23BrN2O2. The summed E-state index contributed by atoms with van der Waals surface area (Å²) in [5, 5.41) is 0.924. The number of likely N-dealkylation sites (tertiary alicyclic amines) is 1. The molecule has 1 amide bonds. The van der Waals surface area contributed by atoms with E-state index in [9.17, 15) is 4.79 Å². The lowest BCUT2D eigenvalue weighted by molar-refractivity contribution is -0.130. The molecule has 0 aromatic carbocycles. The predicted molar refractivity (Wildman–Crippen MR) is 75.0 cm³/mol. The maximum Gasteiger partial charge on any atom is 0.223 e. The smallest absolute Gasteiger partial charge is 0.223 e. The summed E-state index contributed by atoms with van der Waals surface area (Å²) < 4.78 is 5.47. The van der Waals surface area contributed by atoms with Crippen LogP contribution in [0.1, 0.15) is 19.3 Å². The maximum absolute atomic E-state index is 12.0. The second-order valence-electron chi connectivity index (χ2n) is 5.73. The first kappa shape index (κ1) is 14.3. The molecule has 2 saturated heterocycles. The lowest BCUT2D eigenvalue weighted by Gasteiger charge is -2.45. The second kappa shape index (κ2) is 5.88. The van der Waals surface area contributed by atoms with E-state index in [1.807, 2.05) is 0 Å². The molecule has 4 nitrogen and oxygen atoms in total. The average Bonchev–Trinajstić information content (AvgIpc) is 2.71. The molecule has 0 spiro atoms. The van der Waals surface area contributed by atoms with Crippen molar-refractivity contribution in [3.63, 3.8) is 0 Å². The van der Waals surface area contributed by atoms with Gasteiger partial charge in [0.15, 0.2) is 0 Å². The zero-order valence-corrected chi connectivity index (χ0v) is 12.9. The fraction of sp³-hybridized carbons (Fsp3) is 0.923. The number of nitrogens with zero attached hydrogens (tertiary/aromatic N) is 2. The number of ether oxygens (including phenoxy) is 1. The minimum Gasteiger partial charge on any atom is -0.381 e. The Labute approximate surface area is 118 Å². The molecule has 1 unspecified atom stereocenters. The Morgan fingerprint density at radius 2 is 2.11 bits per heavy atom. The first-order valence-electron chi connectivity index (χ1n) is 6.66. The van der Waals surface area contributed by atoms with Crippen LogP contribution in [0.2, 0.25) is 0 Å². The van der Waals surface area contributed by atoms with Crippen LogP contribution in [-0.2, 0) is 9.53 Å². The van der Waals surface area contributed by atoms with Gasteiger partial charge in [-0.25, -0.2) is 0 Å². The van der Waals surface area contributed by atoms with Gasteiger partial charge in [-0.1, -0.05) is 15.9 Å². The Bertz CT molecular complexity index is 303. The van der Waals surface area contributed by atoms with Gasteiger partial charge in [-0.2, -0.15) is 0 Å². The van der Waals surface area contributed by atoms with Crippen molar-refractivity contribution in [3.8, 4) is 0 Å². The summed E-state index contributed by atoms with van der Waals surface area (Å²) >= 11 is 3.49. The van der Waals surface area contributed by atoms with E-state index in [1.165, 1.54) is 0 Å². The van der Waals surface area contributed by atoms with Gasteiger partial charge in [-0.05, 0) is 32.9 Å². The van der Waals surface area contributed by atoms with Crippen molar-refractivity contribution in [3.05, 3.63) is 0 Å². The molecule has 5 heteroatoms. The monoisotopic (exact) mass is 318 g/mol. The second-order valence-corrected chi connectivity index (χ2v) is 6.38. The third kappa shape index (κ3) is 2.89. The van der Waals surface area contributed by atoms with Crippen molar-refractivity contribution in [2.45, 2.75) is 24.8 Å². The summed E-state index contributed by atoms with van der Waals surface area (Å²) in [7, 11) is 4.24. The number of halogens is 1. The van der Waals surface area contributed by atoms with Crippen molar-refractivity contribution >= 4 is 21.8 Å². The van der Waals surface area contributed by atoms with Crippen LogP contribution < -0.4 is 0 Å². The van der Waals surface area contributed by atoms with E-state index in [1.54, 1.807) is 0 Å². The van der Waals surface area contributed by atoms with Crippen LogP contribution in [0.15, 0.2) is 0 Å². The van der Waals surface area contributed by atoms with Crippen LogP contribution >= 0.6 is 15.9 Å². The van der Waals surface area contributed by atoms with Crippen molar-refractivity contribution in [2.75, 3.05) is 45.7 Å². The van der Waals surface area contributed by atoms with Gasteiger partial charge in [0.25, 0.3) is 0 Å². The van der Waals surface area contributed by atoms with Gasteiger partial charge < -0.3 is 14.5 Å². The average molecular weight is 319 g/mol. The third-order valence-electron chi connectivity index (χ3n) is 4.37. The van der Waals surface area contributed by atoms with Gasteiger partial charge in [0.05, 0.1) is 0 Å². The largest absolute Gasteiger partial charge is 0.381 e. The van der Waals surface area contributed by atoms with E-state index in [0.29, 0.717) is 18.2 Å². The molecule has 104 valence electrons. The Hall–Kier alpha value is -0.130. The van der Waals surface area contributed by atoms with Crippen molar-refractivity contribution < 1.29 is 9.53 Å². The molecule has 2 aliphatic rings. The van der Waals surface area contributed by atoms with Crippen LogP contribution in [0.3, 0.4) is 0 Å². The highest BCUT2D eigenvalue weighted by Crippen LogP contribution is 2.30. The van der Waals surface area contributed by atoms with Crippen LogP contribution in [-0.4, -0.2) is 67.0 Å². The molecule has 1 atom stereocenters. The topological polar surface area (TPSA) is 32.8 Å². The van der Waals surface area contributed by atoms with Crippen molar-refractivity contribution in [2.24, 2.45) is 5.92 Å². The SMILES string of the molecule is CN(C)C1(CN2CC(CBr)CC2=O)CCOCC1. The van der Waals surface area contributed by atoms with Gasteiger partial charge in [0, 0.05) is 43.6 Å². The number of alkyl halides is 1. The summed E-state index contributed by atoms with van der Waals surface area (Å²) in [5.74, 6) is 0.795. The molecule has 2 aliphatic heterocycles. The summed E-state index contributed by atoms with van der Waals surface area (Å²) in [5.41, 5.74) is 0.106. The number of amides is 1. The predicted octanol–water partition coefficient (Wildman–Crippen LogP) is 1.34. The minimum atomic E-state index is 0.106. The summed E-state index contributed by atoms with van der Waals surface area (Å²) in [4.78, 5) is 16.4. The molecule has 0 N–H and O–H groups in total. The molecule has 2 rings (SSSR count). The molecule has 0 aliphatic carbocycles. The van der Waals surface area contributed by atoms with E-state index in [4.69, 9.17) is 4.74 Å². The first-order chi connectivity index (χ1) is 8.57. The van der Waals surface area contributed by atoms with E-state index in [0.717, 1.165) is 44.5 Å². The summed E-state index contributed by atoms with van der Waals surface area (Å²) in [6.07, 6.45) is 2.73. The first-order valence-corrected chi connectivity index (χ1v) is 7.78. The van der Waals surface area contributed by atoms with Crippen molar-refractivity contribution in [1.82, 2.24) is 9.80 Å². The number of carbonyl (C=O) groups is 1. The van der Waals surface area contributed by atoms with E-state index in [-0.39, 0.29) is 5.54 Å². The molecule has 2 fully saturated rings. The van der Waals surface area contributed by atoms with E-state index < -0.39 is 0 Å². The third-order valence-corrected chi connectivity index (χ3v) is 5.29. The van der Waals surface area contributed by atoms with Crippen LogP contribution in [0.25, 0.3) is 0 Å². The lowest BCUT2D eigenvalue weighted by atomic mass is 9.88. The minimum absolute atomic E-state index is 0.106. The number of hydrogen-bond donors (Lipinski definition) is 0. The molecule has 0 aromatic rings. The Kier molecular flexibility index (Phi) is 4.67. The number of carbonyl (C=O) groups excluding carboxylic acids is 1. The van der Waals surface area contributed by atoms with E-state index >= 15 is 0 Å². The standard InChI is InChI=1S/C13H23BrN2O2/c1-15(2)13(3-5-18-6-4-13)10-16-9-11(8-14)7-12(16)17/h11H,3-10H2,1-2H3. The molecule has 0 bridgehead atoms. The normalized spacial score (nSPS) is 28.1. The highest BCUT2D eigenvalue weighted by molar-refractivity contribution is 9.09. The molecule has 0 aromatic heterocycles. The summed E-state index contributed by atoms with van der Waals surface area (Å²) in [6.45, 7) is 3.37. The number of hydrogen-bond acceptors (Lipinski definition) is 3. The highest BCUT2D eigenvalue weighted by atomic mass is 79.9. The highest BCUT2D eigenvalue weighted by Gasteiger charge is 2.40. The molecule has 0 saturated carbocycles. The van der Waals surface area contributed by atoms with Crippen LogP contribution in [0, 0.1) is 5.92 Å². The molecule has 2 heterocycles. The Morgan fingerprint density at radius 3 is 2.61 bits per heavy atom. The van der Waals surface area contributed by atoms with Gasteiger partial charge in [-0.3, -0.25) is 4.79 Å². The van der Waals surface area contributed by atoms with Crippen LogP contribution in [0.5, 0.6) is 0 Å². The van der Waals surface area contributed by atoms with Crippen molar-refractivity contribution in [1.29, 1.82) is 0 Å². The number of rotatable bonds is 4. The van der Waals surface area contributed by atoms with Gasteiger partial charge in [0.1, 0.15) is 0 Å². The summed E-state index contributed by atoms with van der Waals surface area (Å²) in [6, 6.07) is 0. The Morgan fingerprint density at radius 1 is 1.44 bits per heavy atom. The molecule has 0 radical (unpaired) electrons. The Balaban J connectivity index is 2.03. The zero-order valence-electron chi connectivity index (χ0n) is 11.3. The van der Waals surface area contributed by atoms with Crippen LogP contribution in [0.4, 0.5) is 0 Å². The fourth-order valence-electron chi connectivity index (χ4n) is 2.96. The fourth-order valence-corrected chi connectivity index (χ4v) is 3.40. The molecule has 18 heavy (non-hydrogen) atoms. The maximum atomic E-state index is 12.0. The van der Waals surface area contributed by atoms with Gasteiger partial charge >= 0.3 is 0 Å².